The van der Waals surface area contributed by atoms with Crippen molar-refractivity contribution in [3.8, 4) is 0 Å². The third-order valence-electron chi connectivity index (χ3n) is 5.65. The molecule has 5 heteroatoms. The Kier molecular flexibility index (Phi) is 5.00. The molecule has 0 aliphatic carbocycles. The largest absolute Gasteiger partial charge is 0.381 e. The molecule has 0 N–H and O–H groups in total. The lowest BCUT2D eigenvalue weighted by Crippen LogP contribution is -2.53. The number of carbonyl (C=O) groups is 1. The third kappa shape index (κ3) is 3.37. The molecule has 5 nitrogen and oxygen atoms in total. The van der Waals surface area contributed by atoms with Crippen LogP contribution in [-0.4, -0.2) is 59.6 Å². The van der Waals surface area contributed by atoms with Crippen LogP contribution in [0.2, 0.25) is 0 Å². The van der Waals surface area contributed by atoms with Gasteiger partial charge in [0.25, 0.3) is 5.91 Å². The molecule has 2 aliphatic heterocycles. The molecule has 1 aromatic heterocycles. The van der Waals surface area contributed by atoms with E-state index in [1.807, 2.05) is 42.6 Å². The van der Waals surface area contributed by atoms with Gasteiger partial charge >= 0.3 is 0 Å². The van der Waals surface area contributed by atoms with Gasteiger partial charge in [-0.15, -0.1) is 0 Å². The SMILES string of the molecule is CO[C@@H]1CCN(C(=O)c2ccccc2)[C@@H]2CN(Cc3cccnc3)C[C@@H]21. The van der Waals surface area contributed by atoms with Crippen LogP contribution in [0.15, 0.2) is 54.9 Å². The zero-order valence-corrected chi connectivity index (χ0v) is 15.1. The first-order valence-electron chi connectivity index (χ1n) is 9.26. The van der Waals surface area contributed by atoms with E-state index in [0.29, 0.717) is 5.92 Å². The average Bonchev–Trinajstić information content (AvgIpc) is 3.11. The maximum atomic E-state index is 13.1. The van der Waals surface area contributed by atoms with Gasteiger partial charge in [-0.25, -0.2) is 0 Å². The zero-order valence-electron chi connectivity index (χ0n) is 15.1. The smallest absolute Gasteiger partial charge is 0.254 e. The van der Waals surface area contributed by atoms with E-state index >= 15 is 0 Å². The van der Waals surface area contributed by atoms with Crippen molar-refractivity contribution in [3.63, 3.8) is 0 Å². The van der Waals surface area contributed by atoms with Gasteiger partial charge < -0.3 is 9.64 Å². The minimum absolute atomic E-state index is 0.137. The molecule has 0 bridgehead atoms. The normalized spacial score (nSPS) is 25.9. The van der Waals surface area contributed by atoms with Crippen molar-refractivity contribution in [2.75, 3.05) is 26.7 Å². The van der Waals surface area contributed by atoms with Gasteiger partial charge in [-0.1, -0.05) is 24.3 Å². The number of piperidine rings is 1. The summed E-state index contributed by atoms with van der Waals surface area (Å²) in [6.45, 7) is 3.47. The number of ether oxygens (including phenoxy) is 1. The molecular weight excluding hydrogens is 326 g/mol. The van der Waals surface area contributed by atoms with Crippen LogP contribution in [0.1, 0.15) is 22.3 Å². The zero-order chi connectivity index (χ0) is 17.9. The molecule has 2 saturated heterocycles. The van der Waals surface area contributed by atoms with E-state index in [2.05, 4.69) is 20.9 Å². The second kappa shape index (κ2) is 7.56. The van der Waals surface area contributed by atoms with Crippen molar-refractivity contribution < 1.29 is 9.53 Å². The van der Waals surface area contributed by atoms with Crippen LogP contribution >= 0.6 is 0 Å². The Hall–Kier alpha value is -2.24. The first-order chi connectivity index (χ1) is 12.8. The third-order valence-corrected chi connectivity index (χ3v) is 5.65. The number of aromatic nitrogens is 1. The fourth-order valence-corrected chi connectivity index (χ4v) is 4.41. The molecular formula is C21H25N3O2. The van der Waals surface area contributed by atoms with Crippen LogP contribution < -0.4 is 0 Å². The number of benzene rings is 1. The molecule has 1 amide bonds. The maximum absolute atomic E-state index is 13.1. The molecule has 0 unspecified atom stereocenters. The van der Waals surface area contributed by atoms with Gasteiger partial charge in [0, 0.05) is 57.2 Å². The molecule has 4 rings (SSSR count). The minimum atomic E-state index is 0.137. The first kappa shape index (κ1) is 17.2. The predicted octanol–water partition coefficient (Wildman–Crippen LogP) is 2.44. The Labute approximate surface area is 154 Å². The fourth-order valence-electron chi connectivity index (χ4n) is 4.41. The fraction of sp³-hybridized carbons (Fsp3) is 0.429. The Morgan fingerprint density at radius 1 is 1.19 bits per heavy atom. The topological polar surface area (TPSA) is 45.7 Å². The van der Waals surface area contributed by atoms with Crippen LogP contribution in [0.5, 0.6) is 0 Å². The van der Waals surface area contributed by atoms with Gasteiger partial charge in [-0.3, -0.25) is 14.7 Å². The van der Waals surface area contributed by atoms with Crippen LogP contribution in [0.4, 0.5) is 0 Å². The van der Waals surface area contributed by atoms with Crippen molar-refractivity contribution in [2.24, 2.45) is 5.92 Å². The molecule has 0 saturated carbocycles. The molecule has 0 radical (unpaired) electrons. The highest BCUT2D eigenvalue weighted by Crippen LogP contribution is 2.34. The van der Waals surface area contributed by atoms with Gasteiger partial charge in [-0.05, 0) is 30.2 Å². The summed E-state index contributed by atoms with van der Waals surface area (Å²) < 4.78 is 5.76. The van der Waals surface area contributed by atoms with Gasteiger partial charge in [0.05, 0.1) is 12.1 Å². The number of fused-ring (bicyclic) bond motifs is 1. The minimum Gasteiger partial charge on any atom is -0.381 e. The Morgan fingerprint density at radius 2 is 2.04 bits per heavy atom. The van der Waals surface area contributed by atoms with E-state index in [-0.39, 0.29) is 18.1 Å². The van der Waals surface area contributed by atoms with Crippen molar-refractivity contribution in [2.45, 2.75) is 25.1 Å². The molecule has 3 atom stereocenters. The number of nitrogens with zero attached hydrogens (tertiary/aromatic N) is 3. The van der Waals surface area contributed by atoms with Crippen LogP contribution in [0, 0.1) is 5.92 Å². The molecule has 1 aromatic carbocycles. The monoisotopic (exact) mass is 351 g/mol. The number of amides is 1. The number of likely N-dealkylation sites (tertiary alicyclic amines) is 2. The van der Waals surface area contributed by atoms with E-state index in [0.717, 1.165) is 38.2 Å². The summed E-state index contributed by atoms with van der Waals surface area (Å²) in [5.41, 5.74) is 1.98. The van der Waals surface area contributed by atoms with E-state index in [9.17, 15) is 4.79 Å². The molecule has 0 spiro atoms. The summed E-state index contributed by atoms with van der Waals surface area (Å²) in [5.74, 6) is 0.497. The summed E-state index contributed by atoms with van der Waals surface area (Å²) in [7, 11) is 1.79. The average molecular weight is 351 g/mol. The quantitative estimate of drug-likeness (QED) is 0.849. The molecule has 2 aliphatic rings. The highest BCUT2D eigenvalue weighted by molar-refractivity contribution is 5.94. The second-order valence-electron chi connectivity index (χ2n) is 7.21. The van der Waals surface area contributed by atoms with Crippen molar-refractivity contribution in [1.82, 2.24) is 14.8 Å². The Balaban J connectivity index is 1.53. The second-order valence-corrected chi connectivity index (χ2v) is 7.21. The van der Waals surface area contributed by atoms with Crippen molar-refractivity contribution >= 4 is 5.91 Å². The standard InChI is InChI=1S/C21H25N3O2/c1-26-20-9-11-24(21(25)17-7-3-2-4-8-17)19-15-23(14-18(19)20)13-16-6-5-10-22-12-16/h2-8,10,12,18-20H,9,11,13-15H2,1H3/t18-,19+,20+/m0/s1. The molecule has 2 fully saturated rings. The highest BCUT2D eigenvalue weighted by Gasteiger charge is 2.46. The van der Waals surface area contributed by atoms with E-state index in [4.69, 9.17) is 4.74 Å². The molecule has 26 heavy (non-hydrogen) atoms. The number of methoxy groups -OCH3 is 1. The maximum Gasteiger partial charge on any atom is 0.254 e. The number of hydrogen-bond donors (Lipinski definition) is 0. The van der Waals surface area contributed by atoms with E-state index < -0.39 is 0 Å². The number of rotatable bonds is 4. The van der Waals surface area contributed by atoms with E-state index in [1.54, 1.807) is 13.3 Å². The molecule has 3 heterocycles. The van der Waals surface area contributed by atoms with Crippen molar-refractivity contribution in [3.05, 3.63) is 66.0 Å². The summed E-state index contributed by atoms with van der Waals surface area (Å²) in [5, 5.41) is 0. The number of hydrogen-bond acceptors (Lipinski definition) is 4. The molecule has 136 valence electrons. The van der Waals surface area contributed by atoms with Crippen LogP contribution in [0.25, 0.3) is 0 Å². The van der Waals surface area contributed by atoms with Crippen LogP contribution in [0.3, 0.4) is 0 Å². The van der Waals surface area contributed by atoms with Crippen LogP contribution in [-0.2, 0) is 11.3 Å². The lowest BCUT2D eigenvalue weighted by Gasteiger charge is -2.41. The summed E-state index contributed by atoms with van der Waals surface area (Å²) in [6, 6.07) is 13.9. The number of carbonyl (C=O) groups excluding carboxylic acids is 1. The lowest BCUT2D eigenvalue weighted by atomic mass is 9.88. The summed E-state index contributed by atoms with van der Waals surface area (Å²) >= 11 is 0. The van der Waals surface area contributed by atoms with E-state index in [1.165, 1.54) is 5.56 Å². The Bertz CT molecular complexity index is 737. The Morgan fingerprint density at radius 3 is 2.77 bits per heavy atom. The summed E-state index contributed by atoms with van der Waals surface area (Å²) in [6.07, 6.45) is 4.84. The van der Waals surface area contributed by atoms with Gasteiger partial charge in [0.15, 0.2) is 0 Å². The molecule has 2 aromatic rings. The lowest BCUT2D eigenvalue weighted by molar-refractivity contribution is -0.0156. The van der Waals surface area contributed by atoms with Gasteiger partial charge in [0.1, 0.15) is 0 Å². The van der Waals surface area contributed by atoms with Crippen molar-refractivity contribution in [1.29, 1.82) is 0 Å². The van der Waals surface area contributed by atoms with Gasteiger partial charge in [-0.2, -0.15) is 0 Å². The highest BCUT2D eigenvalue weighted by atomic mass is 16.5. The number of pyridine rings is 1. The van der Waals surface area contributed by atoms with Gasteiger partial charge in [0.2, 0.25) is 0 Å². The predicted molar refractivity (Wildman–Crippen MR) is 99.7 cm³/mol. The first-order valence-corrected chi connectivity index (χ1v) is 9.26. The summed E-state index contributed by atoms with van der Waals surface area (Å²) in [4.78, 5) is 21.8.